The third kappa shape index (κ3) is 2.51. The minimum Gasteiger partial charge on any atom is -0.369 e. The van der Waals surface area contributed by atoms with E-state index in [4.69, 9.17) is 10.3 Å². The van der Waals surface area contributed by atoms with Gasteiger partial charge in [-0.25, -0.2) is 4.39 Å². The van der Waals surface area contributed by atoms with Crippen LogP contribution in [-0.2, 0) is 6.54 Å². The van der Waals surface area contributed by atoms with Crippen LogP contribution in [0.3, 0.4) is 0 Å². The van der Waals surface area contributed by atoms with Crippen LogP contribution in [0.4, 0.5) is 10.1 Å². The fourth-order valence-electron chi connectivity index (χ4n) is 2.49. The first-order chi connectivity index (χ1) is 9.78. The fourth-order valence-corrected chi connectivity index (χ4v) is 2.49. The van der Waals surface area contributed by atoms with Crippen LogP contribution in [-0.4, -0.2) is 23.2 Å². The molecule has 2 aromatic rings. The van der Waals surface area contributed by atoms with Gasteiger partial charge in [0.1, 0.15) is 5.82 Å². The smallest absolute Gasteiger partial charge is 0.240 e. The van der Waals surface area contributed by atoms with E-state index < -0.39 is 0 Å². The molecular weight excluding hydrogens is 259 g/mol. The maximum absolute atomic E-state index is 14.3. The highest BCUT2D eigenvalue weighted by atomic mass is 19.1. The lowest BCUT2D eigenvalue weighted by atomic mass is 10.1. The van der Waals surface area contributed by atoms with Crippen LogP contribution in [0.2, 0.25) is 0 Å². The Labute approximate surface area is 116 Å². The van der Waals surface area contributed by atoms with E-state index in [0.717, 1.165) is 25.9 Å². The average molecular weight is 276 g/mol. The number of benzene rings is 1. The molecular formula is C14H17FN4O. The predicted molar refractivity (Wildman–Crippen MR) is 73.6 cm³/mol. The molecule has 1 aromatic heterocycles. The number of rotatable bonds is 3. The summed E-state index contributed by atoms with van der Waals surface area (Å²) in [5.74, 6) is 0.471. The first-order valence-corrected chi connectivity index (χ1v) is 6.85. The topological polar surface area (TPSA) is 68.2 Å². The van der Waals surface area contributed by atoms with Gasteiger partial charge in [0.15, 0.2) is 0 Å². The molecule has 106 valence electrons. The highest BCUT2D eigenvalue weighted by Gasteiger charge is 2.16. The van der Waals surface area contributed by atoms with Crippen LogP contribution in [0.1, 0.15) is 25.2 Å². The summed E-state index contributed by atoms with van der Waals surface area (Å²) in [5, 5.41) is 3.79. The van der Waals surface area contributed by atoms with E-state index in [-0.39, 0.29) is 12.4 Å². The monoisotopic (exact) mass is 276 g/mol. The molecule has 5 nitrogen and oxygen atoms in total. The number of hydrogen-bond donors (Lipinski definition) is 1. The van der Waals surface area contributed by atoms with Crippen LogP contribution in [0, 0.1) is 5.82 Å². The lowest BCUT2D eigenvalue weighted by Crippen LogP contribution is -2.30. The van der Waals surface area contributed by atoms with Crippen molar-refractivity contribution in [2.24, 2.45) is 5.73 Å². The zero-order valence-corrected chi connectivity index (χ0v) is 11.2. The van der Waals surface area contributed by atoms with Gasteiger partial charge in [-0.3, -0.25) is 0 Å². The van der Waals surface area contributed by atoms with Gasteiger partial charge in [-0.2, -0.15) is 4.98 Å². The molecule has 1 aromatic carbocycles. The van der Waals surface area contributed by atoms with Gasteiger partial charge in [0.05, 0.1) is 12.2 Å². The van der Waals surface area contributed by atoms with Crippen LogP contribution in [0.5, 0.6) is 0 Å². The van der Waals surface area contributed by atoms with Crippen LogP contribution >= 0.6 is 0 Å². The molecule has 1 fully saturated rings. The Bertz CT molecular complexity index is 593. The zero-order chi connectivity index (χ0) is 13.9. The molecule has 0 unspecified atom stereocenters. The van der Waals surface area contributed by atoms with Crippen molar-refractivity contribution >= 4 is 5.69 Å². The van der Waals surface area contributed by atoms with E-state index in [9.17, 15) is 4.39 Å². The maximum Gasteiger partial charge on any atom is 0.240 e. The third-order valence-corrected chi connectivity index (χ3v) is 3.55. The Morgan fingerprint density at radius 2 is 2.05 bits per heavy atom. The minimum absolute atomic E-state index is 0.182. The fraction of sp³-hybridized carbons (Fsp3) is 0.429. The largest absolute Gasteiger partial charge is 0.369 e. The second-order valence-corrected chi connectivity index (χ2v) is 4.93. The molecule has 1 saturated heterocycles. The number of nitrogens with two attached hydrogens (primary N) is 1. The molecule has 2 heterocycles. The van der Waals surface area contributed by atoms with Crippen LogP contribution in [0.15, 0.2) is 22.7 Å². The van der Waals surface area contributed by atoms with Gasteiger partial charge >= 0.3 is 0 Å². The third-order valence-electron chi connectivity index (χ3n) is 3.55. The quantitative estimate of drug-likeness (QED) is 0.931. The first kappa shape index (κ1) is 13.1. The highest BCUT2D eigenvalue weighted by Crippen LogP contribution is 2.27. The lowest BCUT2D eigenvalue weighted by molar-refractivity contribution is 0.380. The Kier molecular flexibility index (Phi) is 3.64. The van der Waals surface area contributed by atoms with Gasteiger partial charge in [-0.05, 0) is 37.5 Å². The van der Waals surface area contributed by atoms with Gasteiger partial charge in [-0.1, -0.05) is 5.16 Å². The minimum atomic E-state index is -0.247. The molecule has 0 amide bonds. The number of hydrogen-bond acceptors (Lipinski definition) is 5. The SMILES string of the molecule is NCc1nc(-c2ccc(N3CCCCC3)c(F)c2)no1. The summed E-state index contributed by atoms with van der Waals surface area (Å²) in [4.78, 5) is 6.19. The number of piperidine rings is 1. The van der Waals surface area contributed by atoms with Crippen molar-refractivity contribution in [2.45, 2.75) is 25.8 Å². The zero-order valence-electron chi connectivity index (χ0n) is 11.2. The van der Waals surface area contributed by atoms with E-state index in [1.807, 2.05) is 6.07 Å². The molecule has 6 heteroatoms. The Morgan fingerprint density at radius 3 is 2.70 bits per heavy atom. The molecule has 1 aliphatic rings. The molecule has 1 aliphatic heterocycles. The van der Waals surface area contributed by atoms with Crippen molar-refractivity contribution in [2.75, 3.05) is 18.0 Å². The normalized spacial score (nSPS) is 15.6. The molecule has 0 saturated carbocycles. The molecule has 2 N–H and O–H groups in total. The average Bonchev–Trinajstić information content (AvgIpc) is 2.97. The summed E-state index contributed by atoms with van der Waals surface area (Å²) in [6.45, 7) is 2.01. The summed E-state index contributed by atoms with van der Waals surface area (Å²) in [5.41, 5.74) is 6.67. The summed E-state index contributed by atoms with van der Waals surface area (Å²) in [6.07, 6.45) is 3.46. The summed E-state index contributed by atoms with van der Waals surface area (Å²) >= 11 is 0. The molecule has 0 bridgehead atoms. The van der Waals surface area contributed by atoms with Crippen molar-refractivity contribution < 1.29 is 8.91 Å². The van der Waals surface area contributed by atoms with Crippen molar-refractivity contribution in [1.29, 1.82) is 0 Å². The number of nitrogens with zero attached hydrogens (tertiary/aromatic N) is 3. The van der Waals surface area contributed by atoms with Gasteiger partial charge in [-0.15, -0.1) is 0 Å². The summed E-state index contributed by atoms with van der Waals surface area (Å²) in [7, 11) is 0. The first-order valence-electron chi connectivity index (χ1n) is 6.85. The molecule has 0 radical (unpaired) electrons. The Hall–Kier alpha value is -1.95. The van der Waals surface area contributed by atoms with Gasteiger partial charge < -0.3 is 15.2 Å². The van der Waals surface area contributed by atoms with Crippen LogP contribution < -0.4 is 10.6 Å². The molecule has 0 aliphatic carbocycles. The molecule has 0 spiro atoms. The van der Waals surface area contributed by atoms with E-state index in [2.05, 4.69) is 15.0 Å². The second kappa shape index (κ2) is 5.58. The second-order valence-electron chi connectivity index (χ2n) is 4.93. The van der Waals surface area contributed by atoms with Gasteiger partial charge in [0.25, 0.3) is 0 Å². The lowest BCUT2D eigenvalue weighted by Gasteiger charge is -2.29. The number of aromatic nitrogens is 2. The van der Waals surface area contributed by atoms with Gasteiger partial charge in [0, 0.05) is 18.7 Å². The van der Waals surface area contributed by atoms with Crippen molar-refractivity contribution in [3.05, 3.63) is 29.9 Å². The van der Waals surface area contributed by atoms with Crippen molar-refractivity contribution in [3.8, 4) is 11.4 Å². The van der Waals surface area contributed by atoms with Crippen molar-refractivity contribution in [3.63, 3.8) is 0 Å². The molecule has 20 heavy (non-hydrogen) atoms. The molecule has 0 atom stereocenters. The number of halogens is 1. The Balaban J connectivity index is 1.86. The van der Waals surface area contributed by atoms with E-state index in [0.29, 0.717) is 23.0 Å². The van der Waals surface area contributed by atoms with E-state index >= 15 is 0 Å². The molecule has 3 rings (SSSR count). The summed E-state index contributed by atoms with van der Waals surface area (Å²) in [6, 6.07) is 5.06. The standard InChI is InChI=1S/C14H17FN4O/c15-11-8-10(14-17-13(9-16)20-18-14)4-5-12(11)19-6-2-1-3-7-19/h4-5,8H,1-3,6-7,9,16H2. The maximum atomic E-state index is 14.3. The van der Waals surface area contributed by atoms with Crippen LogP contribution in [0.25, 0.3) is 11.4 Å². The summed E-state index contributed by atoms with van der Waals surface area (Å²) < 4.78 is 19.2. The van der Waals surface area contributed by atoms with Crippen molar-refractivity contribution in [1.82, 2.24) is 10.1 Å². The van der Waals surface area contributed by atoms with E-state index in [1.165, 1.54) is 12.5 Å². The van der Waals surface area contributed by atoms with Gasteiger partial charge in [0.2, 0.25) is 11.7 Å². The number of anilines is 1. The highest BCUT2D eigenvalue weighted by molar-refractivity contribution is 5.61. The predicted octanol–water partition coefficient (Wildman–Crippen LogP) is 2.32. The van der Waals surface area contributed by atoms with E-state index in [1.54, 1.807) is 6.07 Å². The Morgan fingerprint density at radius 1 is 1.25 bits per heavy atom.